The first-order valence-corrected chi connectivity index (χ1v) is 11.5. The maximum atomic E-state index is 13.2. The minimum Gasteiger partial charge on any atom is -0.348 e. The lowest BCUT2D eigenvalue weighted by Crippen LogP contribution is -2.23. The second-order valence-corrected chi connectivity index (χ2v) is 9.28. The number of aromatic nitrogens is 1. The summed E-state index contributed by atoms with van der Waals surface area (Å²) < 4.78 is 25.3. The van der Waals surface area contributed by atoms with Crippen LogP contribution < -0.4 is 5.32 Å². The lowest BCUT2D eigenvalue weighted by molar-refractivity contribution is 0.0953. The molecule has 0 spiro atoms. The molecule has 1 heterocycles. The van der Waals surface area contributed by atoms with Gasteiger partial charge in [-0.05, 0) is 29.3 Å². The molecule has 30 heavy (non-hydrogen) atoms. The maximum Gasteiger partial charge on any atom is 0.254 e. The average Bonchev–Trinajstić information content (AvgIpc) is 3.05. The van der Waals surface area contributed by atoms with Gasteiger partial charge >= 0.3 is 0 Å². The van der Waals surface area contributed by atoms with Crippen molar-refractivity contribution in [3.63, 3.8) is 0 Å². The lowest BCUT2D eigenvalue weighted by atomic mass is 10.0. The summed E-state index contributed by atoms with van der Waals surface area (Å²) >= 11 is 0. The molecule has 0 saturated heterocycles. The first kappa shape index (κ1) is 19.9. The topological polar surface area (TPSA) is 68.2 Å². The summed E-state index contributed by atoms with van der Waals surface area (Å²) in [7, 11) is -1.28. The summed E-state index contributed by atoms with van der Waals surface area (Å²) in [6.07, 6.45) is 1.18. The molecule has 0 unspecified atom stereocenters. The summed E-state index contributed by atoms with van der Waals surface area (Å²) in [5.74, 6) is -0.169. The van der Waals surface area contributed by atoms with Gasteiger partial charge in [0.05, 0.1) is 16.2 Å². The Morgan fingerprint density at radius 1 is 0.900 bits per heavy atom. The van der Waals surface area contributed by atoms with Crippen molar-refractivity contribution in [2.24, 2.45) is 7.05 Å². The third kappa shape index (κ3) is 3.74. The molecule has 3 aromatic carbocycles. The van der Waals surface area contributed by atoms with Gasteiger partial charge in [-0.25, -0.2) is 8.42 Å². The molecular formula is C24H22N2O3S. The third-order valence-electron chi connectivity index (χ3n) is 5.19. The quantitative estimate of drug-likeness (QED) is 0.529. The number of carbonyl (C=O) groups is 1. The molecule has 1 amide bonds. The van der Waals surface area contributed by atoms with E-state index in [2.05, 4.69) is 5.32 Å². The van der Waals surface area contributed by atoms with Crippen LogP contribution in [0.15, 0.2) is 83.8 Å². The Balaban J connectivity index is 1.68. The van der Waals surface area contributed by atoms with E-state index in [0.29, 0.717) is 12.1 Å². The van der Waals surface area contributed by atoms with Crippen LogP contribution in [0.25, 0.3) is 22.2 Å². The van der Waals surface area contributed by atoms with Gasteiger partial charge in [0.25, 0.3) is 5.91 Å². The molecule has 0 atom stereocenters. The van der Waals surface area contributed by atoms with E-state index in [1.54, 1.807) is 24.3 Å². The van der Waals surface area contributed by atoms with Gasteiger partial charge in [-0.2, -0.15) is 0 Å². The van der Waals surface area contributed by atoms with Crippen LogP contribution in [0.4, 0.5) is 0 Å². The van der Waals surface area contributed by atoms with Crippen molar-refractivity contribution in [2.45, 2.75) is 11.4 Å². The third-order valence-corrected chi connectivity index (χ3v) is 6.31. The van der Waals surface area contributed by atoms with Crippen molar-refractivity contribution >= 4 is 26.6 Å². The van der Waals surface area contributed by atoms with Gasteiger partial charge in [0.1, 0.15) is 0 Å². The van der Waals surface area contributed by atoms with Crippen molar-refractivity contribution < 1.29 is 13.2 Å². The van der Waals surface area contributed by atoms with Crippen molar-refractivity contribution in [1.82, 2.24) is 9.88 Å². The Hall–Kier alpha value is -3.38. The van der Waals surface area contributed by atoms with E-state index in [4.69, 9.17) is 0 Å². The fourth-order valence-corrected chi connectivity index (χ4v) is 4.31. The van der Waals surface area contributed by atoms with Gasteiger partial charge in [0.2, 0.25) is 0 Å². The average molecular weight is 419 g/mol. The standard InChI is InChI=1S/C24H22N2O3S/c1-26-21-11-7-6-10-20(21)22(23(26)18-8-4-3-5-9-18)24(27)25-16-17-12-14-19(15-13-17)30(2,28)29/h3-15H,16H2,1-2H3,(H,25,27). The van der Waals surface area contributed by atoms with Gasteiger partial charge in [-0.1, -0.05) is 60.7 Å². The molecule has 1 N–H and O–H groups in total. The summed E-state index contributed by atoms with van der Waals surface area (Å²) in [6, 6.07) is 24.3. The predicted octanol–water partition coefficient (Wildman–Crippen LogP) is 4.18. The van der Waals surface area contributed by atoms with Crippen molar-refractivity contribution in [3.05, 3.63) is 90.0 Å². The van der Waals surface area contributed by atoms with Crippen LogP contribution >= 0.6 is 0 Å². The Labute approximate surface area is 175 Å². The minimum atomic E-state index is -3.24. The molecule has 0 aliphatic rings. The number of para-hydroxylation sites is 1. The van der Waals surface area contributed by atoms with E-state index in [9.17, 15) is 13.2 Å². The highest BCUT2D eigenvalue weighted by molar-refractivity contribution is 7.90. The number of fused-ring (bicyclic) bond motifs is 1. The number of rotatable bonds is 5. The molecule has 0 saturated carbocycles. The molecule has 152 valence electrons. The second-order valence-electron chi connectivity index (χ2n) is 7.26. The number of amides is 1. The predicted molar refractivity (Wildman–Crippen MR) is 119 cm³/mol. The first-order chi connectivity index (χ1) is 14.4. The van der Waals surface area contributed by atoms with Crippen molar-refractivity contribution in [3.8, 4) is 11.3 Å². The summed E-state index contributed by atoms with van der Waals surface area (Å²) in [4.78, 5) is 13.5. The molecule has 0 aliphatic carbocycles. The molecule has 5 nitrogen and oxygen atoms in total. The Morgan fingerprint density at radius 2 is 1.53 bits per heavy atom. The van der Waals surface area contributed by atoms with Gasteiger partial charge in [0, 0.05) is 30.8 Å². The Kier molecular flexibility index (Phi) is 5.18. The monoisotopic (exact) mass is 418 g/mol. The van der Waals surface area contributed by atoms with Crippen LogP contribution in [-0.4, -0.2) is 25.1 Å². The van der Waals surface area contributed by atoms with Gasteiger partial charge < -0.3 is 9.88 Å². The van der Waals surface area contributed by atoms with Crippen LogP contribution in [0.2, 0.25) is 0 Å². The molecule has 0 aliphatic heterocycles. The number of sulfone groups is 1. The zero-order chi connectivity index (χ0) is 21.3. The van der Waals surface area contributed by atoms with E-state index in [1.807, 2.05) is 66.2 Å². The molecule has 4 aromatic rings. The van der Waals surface area contributed by atoms with Crippen molar-refractivity contribution in [1.29, 1.82) is 0 Å². The molecular weight excluding hydrogens is 396 g/mol. The maximum absolute atomic E-state index is 13.2. The van der Waals surface area contributed by atoms with Crippen LogP contribution in [0.1, 0.15) is 15.9 Å². The van der Waals surface area contributed by atoms with Crippen LogP contribution in [0, 0.1) is 0 Å². The summed E-state index contributed by atoms with van der Waals surface area (Å²) in [5, 5.41) is 3.88. The highest BCUT2D eigenvalue weighted by Gasteiger charge is 2.22. The van der Waals surface area contributed by atoms with E-state index in [0.717, 1.165) is 27.7 Å². The first-order valence-electron chi connectivity index (χ1n) is 9.56. The summed E-state index contributed by atoms with van der Waals surface area (Å²) in [5.41, 5.74) is 4.28. The van der Waals surface area contributed by atoms with E-state index >= 15 is 0 Å². The number of hydrogen-bond donors (Lipinski definition) is 1. The van der Waals surface area contributed by atoms with E-state index in [1.165, 1.54) is 6.26 Å². The van der Waals surface area contributed by atoms with E-state index < -0.39 is 9.84 Å². The highest BCUT2D eigenvalue weighted by Crippen LogP contribution is 2.33. The normalized spacial score (nSPS) is 11.5. The summed E-state index contributed by atoms with van der Waals surface area (Å²) in [6.45, 7) is 0.306. The van der Waals surface area contributed by atoms with Gasteiger partial charge in [0.15, 0.2) is 9.84 Å². The Bertz CT molecular complexity index is 1320. The number of aryl methyl sites for hydroxylation is 1. The fourth-order valence-electron chi connectivity index (χ4n) is 3.68. The van der Waals surface area contributed by atoms with Gasteiger partial charge in [-0.3, -0.25) is 4.79 Å². The minimum absolute atomic E-state index is 0.169. The van der Waals surface area contributed by atoms with Crippen LogP contribution in [0.3, 0.4) is 0 Å². The van der Waals surface area contributed by atoms with Crippen LogP contribution in [-0.2, 0) is 23.4 Å². The molecule has 0 fully saturated rings. The number of nitrogens with one attached hydrogen (secondary N) is 1. The SMILES string of the molecule is Cn1c(-c2ccccc2)c(C(=O)NCc2ccc(S(C)(=O)=O)cc2)c2ccccc21. The molecule has 6 heteroatoms. The second kappa shape index (κ2) is 7.80. The van der Waals surface area contributed by atoms with Gasteiger partial charge in [-0.15, -0.1) is 0 Å². The zero-order valence-corrected chi connectivity index (χ0v) is 17.6. The number of nitrogens with zero attached hydrogens (tertiary/aromatic N) is 1. The molecule has 0 bridgehead atoms. The number of benzene rings is 3. The largest absolute Gasteiger partial charge is 0.348 e. The number of carbonyl (C=O) groups excluding carboxylic acids is 1. The fraction of sp³-hybridized carbons (Fsp3) is 0.125. The molecule has 1 aromatic heterocycles. The smallest absolute Gasteiger partial charge is 0.254 e. The number of hydrogen-bond acceptors (Lipinski definition) is 3. The highest BCUT2D eigenvalue weighted by atomic mass is 32.2. The van der Waals surface area contributed by atoms with E-state index in [-0.39, 0.29) is 10.8 Å². The van der Waals surface area contributed by atoms with Crippen LogP contribution in [0.5, 0.6) is 0 Å². The lowest BCUT2D eigenvalue weighted by Gasteiger charge is -2.10. The molecule has 0 radical (unpaired) electrons. The zero-order valence-electron chi connectivity index (χ0n) is 16.8. The van der Waals surface area contributed by atoms with Crippen molar-refractivity contribution in [2.75, 3.05) is 6.26 Å². The molecule has 4 rings (SSSR count). The Morgan fingerprint density at radius 3 is 2.20 bits per heavy atom.